The van der Waals surface area contributed by atoms with E-state index in [9.17, 15) is 9.90 Å². The Balaban J connectivity index is 1.81. The van der Waals surface area contributed by atoms with Crippen LogP contribution in [0.1, 0.15) is 37.9 Å². The summed E-state index contributed by atoms with van der Waals surface area (Å²) in [5, 5.41) is 21.0. The Hall–Kier alpha value is -2.12. The standard InChI is InChI=1S/C20H30N4O2S/c1-4-21-19(23-15-20(3,26)17-10-13-27-14-17)22-11-5-6-12-24-16(2)8-7-9-18(24)25/h7-10,13-14,26H,4-6,11-12,15H2,1-3H3,(H2,21,22,23). The van der Waals surface area contributed by atoms with Gasteiger partial charge in [-0.2, -0.15) is 11.3 Å². The molecule has 0 saturated carbocycles. The van der Waals surface area contributed by atoms with Gasteiger partial charge in [-0.3, -0.25) is 4.79 Å². The van der Waals surface area contributed by atoms with E-state index >= 15 is 0 Å². The summed E-state index contributed by atoms with van der Waals surface area (Å²) < 4.78 is 1.80. The van der Waals surface area contributed by atoms with Crippen LogP contribution < -0.4 is 16.2 Å². The first-order valence-corrected chi connectivity index (χ1v) is 10.3. The van der Waals surface area contributed by atoms with Crippen LogP contribution in [0.3, 0.4) is 0 Å². The Morgan fingerprint density at radius 1 is 1.30 bits per heavy atom. The molecule has 0 fully saturated rings. The van der Waals surface area contributed by atoms with Gasteiger partial charge in [-0.05, 0) is 62.1 Å². The quantitative estimate of drug-likeness (QED) is 0.349. The molecule has 2 aromatic rings. The largest absolute Gasteiger partial charge is 0.383 e. The van der Waals surface area contributed by atoms with Crippen LogP contribution in [0.4, 0.5) is 0 Å². The maximum Gasteiger partial charge on any atom is 0.250 e. The van der Waals surface area contributed by atoms with Crippen LogP contribution in [0.2, 0.25) is 0 Å². The molecule has 0 spiro atoms. The van der Waals surface area contributed by atoms with Gasteiger partial charge in [0.2, 0.25) is 0 Å². The molecule has 1 unspecified atom stereocenters. The molecule has 0 bridgehead atoms. The van der Waals surface area contributed by atoms with Gasteiger partial charge in [0.25, 0.3) is 5.56 Å². The number of rotatable bonds is 9. The average molecular weight is 391 g/mol. The van der Waals surface area contributed by atoms with Gasteiger partial charge in [-0.25, -0.2) is 4.99 Å². The third-order valence-corrected chi connectivity index (χ3v) is 5.08. The van der Waals surface area contributed by atoms with Crippen molar-refractivity contribution in [3.8, 4) is 0 Å². The first kappa shape index (κ1) is 21.2. The molecule has 7 heteroatoms. The van der Waals surface area contributed by atoms with Crippen LogP contribution >= 0.6 is 11.3 Å². The number of aromatic nitrogens is 1. The minimum absolute atomic E-state index is 0.0496. The van der Waals surface area contributed by atoms with Crippen LogP contribution in [0, 0.1) is 6.92 Å². The number of nitrogens with zero attached hydrogens (tertiary/aromatic N) is 2. The molecule has 2 rings (SSSR count). The van der Waals surface area contributed by atoms with Gasteiger partial charge in [0.1, 0.15) is 5.60 Å². The molecule has 6 nitrogen and oxygen atoms in total. The van der Waals surface area contributed by atoms with E-state index in [0.717, 1.165) is 37.2 Å². The molecule has 0 aliphatic rings. The molecule has 27 heavy (non-hydrogen) atoms. The molecule has 2 aromatic heterocycles. The van der Waals surface area contributed by atoms with Gasteiger partial charge >= 0.3 is 0 Å². The van der Waals surface area contributed by atoms with Gasteiger partial charge in [0.05, 0.1) is 6.54 Å². The summed E-state index contributed by atoms with van der Waals surface area (Å²) in [5.74, 6) is 0.695. The van der Waals surface area contributed by atoms with Gasteiger partial charge in [-0.1, -0.05) is 6.07 Å². The van der Waals surface area contributed by atoms with E-state index in [1.165, 1.54) is 0 Å². The molecule has 2 heterocycles. The second-order valence-corrected chi connectivity index (χ2v) is 7.55. The van der Waals surface area contributed by atoms with E-state index in [1.54, 1.807) is 35.0 Å². The topological polar surface area (TPSA) is 78.7 Å². The van der Waals surface area contributed by atoms with Crippen LogP contribution in [0.5, 0.6) is 0 Å². The predicted octanol–water partition coefficient (Wildman–Crippen LogP) is 2.46. The number of pyridine rings is 1. The van der Waals surface area contributed by atoms with Crippen molar-refractivity contribution in [1.29, 1.82) is 0 Å². The molecule has 1 atom stereocenters. The second-order valence-electron chi connectivity index (χ2n) is 6.77. The van der Waals surface area contributed by atoms with Gasteiger partial charge < -0.3 is 20.3 Å². The summed E-state index contributed by atoms with van der Waals surface area (Å²) in [5.41, 5.74) is 0.944. The highest BCUT2D eigenvalue weighted by atomic mass is 32.1. The fraction of sp³-hybridized carbons (Fsp3) is 0.500. The molecule has 3 N–H and O–H groups in total. The van der Waals surface area contributed by atoms with Crippen molar-refractivity contribution in [2.45, 2.75) is 45.8 Å². The molecule has 0 radical (unpaired) electrons. The Morgan fingerprint density at radius 3 is 2.78 bits per heavy atom. The van der Waals surface area contributed by atoms with Crippen LogP contribution in [-0.2, 0) is 12.1 Å². The number of hydrogen-bond acceptors (Lipinski definition) is 4. The molecule has 148 valence electrons. The average Bonchev–Trinajstić information content (AvgIpc) is 3.17. The van der Waals surface area contributed by atoms with Gasteiger partial charge in [-0.15, -0.1) is 0 Å². The first-order chi connectivity index (χ1) is 12.9. The summed E-state index contributed by atoms with van der Waals surface area (Å²) >= 11 is 1.57. The lowest BCUT2D eigenvalue weighted by atomic mass is 10.00. The second kappa shape index (κ2) is 10.3. The first-order valence-electron chi connectivity index (χ1n) is 9.37. The SMILES string of the molecule is CCNC(=NCC(C)(O)c1ccsc1)NCCCCn1c(C)cccc1=O. The smallest absolute Gasteiger partial charge is 0.250 e. The maximum absolute atomic E-state index is 11.9. The van der Waals surface area contributed by atoms with Crippen molar-refractivity contribution >= 4 is 17.3 Å². The normalized spacial score (nSPS) is 14.0. The number of hydrogen-bond donors (Lipinski definition) is 3. The third kappa shape index (κ3) is 6.52. The number of guanidine groups is 1. The van der Waals surface area contributed by atoms with Crippen molar-refractivity contribution in [3.05, 3.63) is 56.6 Å². The van der Waals surface area contributed by atoms with E-state index < -0.39 is 5.60 Å². The lowest BCUT2D eigenvalue weighted by Crippen LogP contribution is -2.39. The Kier molecular flexibility index (Phi) is 8.06. The lowest BCUT2D eigenvalue weighted by Gasteiger charge is -2.21. The molecule has 0 aliphatic heterocycles. The molecular formula is C20H30N4O2S. The lowest BCUT2D eigenvalue weighted by molar-refractivity contribution is 0.0677. The van der Waals surface area contributed by atoms with Crippen molar-refractivity contribution < 1.29 is 5.11 Å². The number of thiophene rings is 1. The van der Waals surface area contributed by atoms with Crippen molar-refractivity contribution in [3.63, 3.8) is 0 Å². The number of nitrogens with one attached hydrogen (secondary N) is 2. The number of unbranched alkanes of at least 4 members (excludes halogenated alkanes) is 1. The number of aryl methyl sites for hydroxylation is 1. The summed E-state index contributed by atoms with van der Waals surface area (Å²) in [6.45, 7) is 8.26. The Morgan fingerprint density at radius 2 is 2.11 bits per heavy atom. The third-order valence-electron chi connectivity index (χ3n) is 4.40. The monoisotopic (exact) mass is 390 g/mol. The van der Waals surface area contributed by atoms with Crippen LogP contribution in [0.15, 0.2) is 44.8 Å². The van der Waals surface area contributed by atoms with Crippen molar-refractivity contribution in [2.24, 2.45) is 4.99 Å². The van der Waals surface area contributed by atoms with E-state index in [2.05, 4.69) is 15.6 Å². The van der Waals surface area contributed by atoms with Crippen molar-refractivity contribution in [2.75, 3.05) is 19.6 Å². The summed E-state index contributed by atoms with van der Waals surface area (Å²) in [6.07, 6.45) is 1.83. The highest BCUT2D eigenvalue weighted by Gasteiger charge is 2.23. The Bertz CT molecular complexity index is 782. The fourth-order valence-corrected chi connectivity index (χ4v) is 3.53. The zero-order valence-corrected chi connectivity index (χ0v) is 17.2. The van der Waals surface area contributed by atoms with E-state index in [-0.39, 0.29) is 12.1 Å². The molecular weight excluding hydrogens is 360 g/mol. The van der Waals surface area contributed by atoms with Gasteiger partial charge in [0, 0.05) is 31.4 Å². The van der Waals surface area contributed by atoms with E-state index in [1.807, 2.05) is 36.7 Å². The van der Waals surface area contributed by atoms with Gasteiger partial charge in [0.15, 0.2) is 5.96 Å². The fourth-order valence-electron chi connectivity index (χ4n) is 2.75. The molecule has 0 saturated heterocycles. The minimum atomic E-state index is -0.978. The predicted molar refractivity (Wildman–Crippen MR) is 113 cm³/mol. The zero-order chi connectivity index (χ0) is 19.7. The summed E-state index contributed by atoms with van der Waals surface area (Å²) in [7, 11) is 0. The van der Waals surface area contributed by atoms with Crippen LogP contribution in [0.25, 0.3) is 0 Å². The summed E-state index contributed by atoms with van der Waals surface area (Å²) in [4.78, 5) is 16.4. The summed E-state index contributed by atoms with van der Waals surface area (Å²) in [6, 6.07) is 7.27. The van der Waals surface area contributed by atoms with Crippen LogP contribution in [-0.4, -0.2) is 35.3 Å². The molecule has 0 aromatic carbocycles. The number of aliphatic hydroxyl groups is 1. The maximum atomic E-state index is 11.9. The highest BCUT2D eigenvalue weighted by Crippen LogP contribution is 2.23. The van der Waals surface area contributed by atoms with Crippen molar-refractivity contribution in [1.82, 2.24) is 15.2 Å². The van der Waals surface area contributed by atoms with E-state index in [0.29, 0.717) is 12.5 Å². The molecule has 0 amide bonds. The zero-order valence-electron chi connectivity index (χ0n) is 16.4. The highest BCUT2D eigenvalue weighted by molar-refractivity contribution is 7.08. The number of aliphatic imine (C=N–C) groups is 1. The minimum Gasteiger partial charge on any atom is -0.383 e. The van der Waals surface area contributed by atoms with E-state index in [4.69, 9.17) is 0 Å². The molecule has 0 aliphatic carbocycles. The Labute approximate surface area is 165 Å².